The zero-order valence-electron chi connectivity index (χ0n) is 27.7. The number of furan rings is 1. The predicted octanol–water partition coefficient (Wildman–Crippen LogP) is 5.46. The summed E-state index contributed by atoms with van der Waals surface area (Å²) in [5, 5.41) is 6.45. The van der Waals surface area contributed by atoms with Crippen molar-refractivity contribution in [3.05, 3.63) is 70.3 Å². The Labute approximate surface area is 268 Å². The number of piperazine rings is 1. The van der Waals surface area contributed by atoms with Crippen molar-refractivity contribution in [2.45, 2.75) is 83.7 Å². The molecule has 9 heteroatoms. The average molecular weight is 615 g/mol. The van der Waals surface area contributed by atoms with Crippen molar-refractivity contribution < 1.29 is 13.9 Å². The number of nitrogens with one attached hydrogen (secondary N) is 2. The largest absolute Gasteiger partial charge is 0.456 e. The predicted molar refractivity (Wildman–Crippen MR) is 178 cm³/mol. The first-order valence-corrected chi connectivity index (χ1v) is 16.7. The van der Waals surface area contributed by atoms with E-state index in [0.29, 0.717) is 18.7 Å². The third-order valence-corrected chi connectivity index (χ3v) is 10.1. The van der Waals surface area contributed by atoms with Crippen molar-refractivity contribution in [1.29, 1.82) is 0 Å². The number of rotatable bonds is 10. The van der Waals surface area contributed by atoms with Crippen LogP contribution in [-0.2, 0) is 22.0 Å². The maximum atomic E-state index is 12.9. The number of hydrogen-bond donors (Lipinski definition) is 2. The van der Waals surface area contributed by atoms with Gasteiger partial charge >= 0.3 is 0 Å². The monoisotopic (exact) mass is 614 g/mol. The van der Waals surface area contributed by atoms with Crippen LogP contribution in [0.2, 0.25) is 0 Å². The van der Waals surface area contributed by atoms with Crippen molar-refractivity contribution in [2.24, 2.45) is 0 Å². The van der Waals surface area contributed by atoms with E-state index in [4.69, 9.17) is 14.1 Å². The fourth-order valence-electron chi connectivity index (χ4n) is 6.95. The third kappa shape index (κ3) is 7.36. The molecule has 9 nitrogen and oxygen atoms in total. The highest BCUT2D eigenvalue weighted by Crippen LogP contribution is 2.46. The SMILES string of the molecule is Cc1cc2c(cc1Cc1ccc(C(=O)NCCN3CCN(c4nccc(NCC5CCCO5)n4)CC3)o1)C(C)(C)CCC2(C)C. The van der Waals surface area contributed by atoms with Crippen LogP contribution in [-0.4, -0.2) is 79.3 Å². The van der Waals surface area contributed by atoms with Crippen LogP contribution in [0.5, 0.6) is 0 Å². The normalized spacial score (nSPS) is 21.0. The highest BCUT2D eigenvalue weighted by molar-refractivity contribution is 5.91. The summed E-state index contributed by atoms with van der Waals surface area (Å²) in [6.45, 7) is 18.1. The van der Waals surface area contributed by atoms with Gasteiger partial charge in [0, 0.05) is 65.0 Å². The van der Waals surface area contributed by atoms with E-state index in [0.717, 1.165) is 76.2 Å². The third-order valence-electron chi connectivity index (χ3n) is 10.1. The van der Waals surface area contributed by atoms with Gasteiger partial charge in [0.2, 0.25) is 5.95 Å². The van der Waals surface area contributed by atoms with E-state index >= 15 is 0 Å². The molecule has 45 heavy (non-hydrogen) atoms. The van der Waals surface area contributed by atoms with Gasteiger partial charge in [0.1, 0.15) is 11.6 Å². The summed E-state index contributed by atoms with van der Waals surface area (Å²) >= 11 is 0. The Morgan fingerprint density at radius 3 is 2.51 bits per heavy atom. The number of nitrogens with zero attached hydrogens (tertiary/aromatic N) is 4. The van der Waals surface area contributed by atoms with E-state index in [1.54, 1.807) is 6.07 Å². The van der Waals surface area contributed by atoms with Gasteiger partial charge in [-0.2, -0.15) is 4.98 Å². The number of aromatic nitrogens is 2. The Morgan fingerprint density at radius 1 is 1.02 bits per heavy atom. The molecule has 1 amide bonds. The van der Waals surface area contributed by atoms with Crippen LogP contribution < -0.4 is 15.5 Å². The molecule has 0 saturated carbocycles. The van der Waals surface area contributed by atoms with E-state index in [-0.39, 0.29) is 22.8 Å². The summed E-state index contributed by atoms with van der Waals surface area (Å²) in [4.78, 5) is 26.7. The van der Waals surface area contributed by atoms with Crippen LogP contribution >= 0.6 is 0 Å². The van der Waals surface area contributed by atoms with Crippen molar-refractivity contribution in [3.8, 4) is 0 Å². The second-order valence-electron chi connectivity index (χ2n) is 14.4. The lowest BCUT2D eigenvalue weighted by Gasteiger charge is -2.42. The second-order valence-corrected chi connectivity index (χ2v) is 14.4. The molecule has 2 aromatic heterocycles. The minimum absolute atomic E-state index is 0.161. The van der Waals surface area contributed by atoms with Gasteiger partial charge in [-0.3, -0.25) is 9.69 Å². The molecule has 2 aliphatic heterocycles. The molecule has 2 fully saturated rings. The van der Waals surface area contributed by atoms with Crippen molar-refractivity contribution >= 4 is 17.7 Å². The van der Waals surface area contributed by atoms with E-state index < -0.39 is 0 Å². The van der Waals surface area contributed by atoms with E-state index in [1.165, 1.54) is 35.1 Å². The minimum Gasteiger partial charge on any atom is -0.456 e. The van der Waals surface area contributed by atoms with Crippen LogP contribution in [0, 0.1) is 6.92 Å². The first-order chi connectivity index (χ1) is 21.6. The topological polar surface area (TPSA) is 95.8 Å². The molecule has 4 heterocycles. The summed E-state index contributed by atoms with van der Waals surface area (Å²) in [5.41, 5.74) is 5.84. The molecule has 1 aliphatic carbocycles. The number of ether oxygens (including phenoxy) is 1. The van der Waals surface area contributed by atoms with E-state index in [1.807, 2.05) is 18.3 Å². The first kappa shape index (κ1) is 31.5. The summed E-state index contributed by atoms with van der Waals surface area (Å²) in [6, 6.07) is 10.4. The molecule has 0 spiro atoms. The van der Waals surface area contributed by atoms with Crippen LogP contribution in [0.25, 0.3) is 0 Å². The van der Waals surface area contributed by atoms with E-state index in [2.05, 4.69) is 72.2 Å². The van der Waals surface area contributed by atoms with Gasteiger partial charge in [-0.05, 0) is 83.9 Å². The Bertz CT molecular complexity index is 1480. The summed E-state index contributed by atoms with van der Waals surface area (Å²) in [5.74, 6) is 2.63. The lowest BCUT2D eigenvalue weighted by molar-refractivity contribution is 0.0918. The summed E-state index contributed by atoms with van der Waals surface area (Å²) in [7, 11) is 0. The van der Waals surface area contributed by atoms with Gasteiger partial charge in [0.25, 0.3) is 5.91 Å². The number of aryl methyl sites for hydroxylation is 1. The molecule has 0 bridgehead atoms. The van der Waals surface area contributed by atoms with Crippen molar-refractivity contribution in [1.82, 2.24) is 20.2 Å². The maximum absolute atomic E-state index is 12.9. The molecular weight excluding hydrogens is 564 g/mol. The molecule has 1 atom stereocenters. The fraction of sp³-hybridized carbons (Fsp3) is 0.583. The van der Waals surface area contributed by atoms with Crippen LogP contribution in [0.4, 0.5) is 11.8 Å². The van der Waals surface area contributed by atoms with Crippen molar-refractivity contribution in [3.63, 3.8) is 0 Å². The lowest BCUT2D eigenvalue weighted by atomic mass is 9.62. The Kier molecular flexibility index (Phi) is 9.20. The van der Waals surface area contributed by atoms with Gasteiger partial charge in [-0.25, -0.2) is 4.98 Å². The molecule has 1 unspecified atom stereocenters. The Balaban J connectivity index is 0.962. The molecular formula is C36H50N6O3. The molecule has 3 aliphatic rings. The maximum Gasteiger partial charge on any atom is 0.287 e. The highest BCUT2D eigenvalue weighted by atomic mass is 16.5. The molecule has 242 valence electrons. The quantitative estimate of drug-likeness (QED) is 0.311. The number of benzene rings is 1. The second kappa shape index (κ2) is 13.1. The molecule has 2 N–H and O–H groups in total. The zero-order chi connectivity index (χ0) is 31.6. The average Bonchev–Trinajstić information content (AvgIpc) is 3.73. The minimum atomic E-state index is -0.161. The number of anilines is 2. The zero-order valence-corrected chi connectivity index (χ0v) is 27.7. The first-order valence-electron chi connectivity index (χ1n) is 16.7. The fourth-order valence-corrected chi connectivity index (χ4v) is 6.95. The smallest absolute Gasteiger partial charge is 0.287 e. The lowest BCUT2D eigenvalue weighted by Crippen LogP contribution is -2.49. The number of hydrogen-bond acceptors (Lipinski definition) is 8. The standard InChI is InChI=1S/C36H50N6O3/c1-25-21-29-30(36(4,5)12-11-35(29,2)3)23-26(25)22-27-8-9-31(45-27)33(43)37-14-15-41-16-18-42(19-17-41)34-38-13-10-32(40-34)39-24-28-7-6-20-44-28/h8-10,13,21,23,28H,6-7,11-12,14-20,22,24H2,1-5H3,(H,37,43)(H,38,39,40). The summed E-state index contributed by atoms with van der Waals surface area (Å²) in [6.07, 6.45) is 7.40. The van der Waals surface area contributed by atoms with Gasteiger partial charge < -0.3 is 24.7 Å². The Morgan fingerprint density at radius 2 is 1.78 bits per heavy atom. The van der Waals surface area contributed by atoms with Crippen molar-refractivity contribution in [2.75, 3.05) is 62.6 Å². The number of fused-ring (bicyclic) bond motifs is 1. The number of carbonyl (C=O) groups excluding carboxylic acids is 1. The van der Waals surface area contributed by atoms with Gasteiger partial charge in [-0.1, -0.05) is 39.8 Å². The van der Waals surface area contributed by atoms with Gasteiger partial charge in [-0.15, -0.1) is 0 Å². The Hall–Kier alpha value is -3.43. The molecule has 3 aromatic rings. The van der Waals surface area contributed by atoms with Crippen LogP contribution in [0.3, 0.4) is 0 Å². The molecule has 6 rings (SSSR count). The van der Waals surface area contributed by atoms with Crippen LogP contribution in [0.15, 0.2) is 40.9 Å². The van der Waals surface area contributed by atoms with Gasteiger partial charge in [0.15, 0.2) is 5.76 Å². The number of amides is 1. The molecule has 1 aromatic carbocycles. The molecule has 0 radical (unpaired) electrons. The van der Waals surface area contributed by atoms with Crippen LogP contribution in [0.1, 0.15) is 91.9 Å². The van der Waals surface area contributed by atoms with Gasteiger partial charge in [0.05, 0.1) is 6.10 Å². The summed E-state index contributed by atoms with van der Waals surface area (Å²) < 4.78 is 11.7. The number of carbonyl (C=O) groups is 1. The van der Waals surface area contributed by atoms with E-state index in [9.17, 15) is 4.79 Å². The molecule has 2 saturated heterocycles. The highest BCUT2D eigenvalue weighted by Gasteiger charge is 2.37.